The molecule has 1 aliphatic heterocycles. The molecule has 0 radical (unpaired) electrons. The Kier molecular flexibility index (Phi) is 10.8. The minimum Gasteiger partial charge on any atom is -0.475 e. The number of hydrogen-bond donors (Lipinski definition) is 3. The molecule has 3 heterocycles. The van der Waals surface area contributed by atoms with Crippen LogP contribution in [-0.4, -0.2) is 79.1 Å². The van der Waals surface area contributed by atoms with Gasteiger partial charge in [0.25, 0.3) is 5.91 Å². The zero-order valence-electron chi connectivity index (χ0n) is 18.5. The van der Waals surface area contributed by atoms with Crippen LogP contribution in [0.5, 0.6) is 0 Å². The Balaban J connectivity index is 0.000000383. The standard InChI is InChI=1S/C17H19N3O2.2C2HF3O2/c1-12-4-5-14(11-19-12)17(22)20-8-6-16(21)15(20)9-13-3-2-7-18-10-13;2*3-2(4,5)1(6)7/h2-5,7,10-11,15-16,21H,6,8-9H2,1H3;2*(H,6,7)/t15-,16+;;/m0../s1. The molecule has 15 heteroatoms. The van der Waals surface area contributed by atoms with Crippen molar-refractivity contribution in [3.05, 3.63) is 59.7 Å². The molecule has 1 aliphatic rings. The topological polar surface area (TPSA) is 141 Å². The summed E-state index contributed by atoms with van der Waals surface area (Å²) in [6, 6.07) is 7.24. The highest BCUT2D eigenvalue weighted by Gasteiger charge is 2.39. The molecular formula is C21H21F6N3O6. The molecule has 0 aromatic carbocycles. The van der Waals surface area contributed by atoms with Crippen molar-refractivity contribution in [1.29, 1.82) is 0 Å². The lowest BCUT2D eigenvalue weighted by molar-refractivity contribution is -0.193. The number of rotatable bonds is 3. The van der Waals surface area contributed by atoms with Crippen LogP contribution < -0.4 is 0 Å². The third kappa shape index (κ3) is 9.85. The highest BCUT2D eigenvalue weighted by Crippen LogP contribution is 2.24. The van der Waals surface area contributed by atoms with Gasteiger partial charge in [0, 0.05) is 30.8 Å². The molecule has 0 saturated carbocycles. The van der Waals surface area contributed by atoms with Gasteiger partial charge in [-0.25, -0.2) is 9.59 Å². The number of carbonyl (C=O) groups is 3. The van der Waals surface area contributed by atoms with E-state index in [1.54, 1.807) is 29.6 Å². The van der Waals surface area contributed by atoms with E-state index in [1.165, 1.54) is 0 Å². The van der Waals surface area contributed by atoms with Crippen molar-refractivity contribution in [3.63, 3.8) is 0 Å². The Morgan fingerprint density at radius 3 is 1.97 bits per heavy atom. The molecule has 1 fully saturated rings. The zero-order chi connectivity index (χ0) is 27.7. The third-order valence-corrected chi connectivity index (χ3v) is 4.58. The second-order valence-corrected chi connectivity index (χ2v) is 7.28. The van der Waals surface area contributed by atoms with E-state index in [-0.39, 0.29) is 11.9 Å². The Morgan fingerprint density at radius 2 is 1.56 bits per heavy atom. The van der Waals surface area contributed by atoms with Crippen LogP contribution in [0.2, 0.25) is 0 Å². The quantitative estimate of drug-likeness (QED) is 0.520. The highest BCUT2D eigenvalue weighted by molar-refractivity contribution is 5.94. The van der Waals surface area contributed by atoms with E-state index < -0.39 is 30.4 Å². The number of nitrogens with zero attached hydrogens (tertiary/aromatic N) is 3. The normalized spacial score (nSPS) is 17.3. The molecule has 0 aliphatic carbocycles. The number of carboxylic acids is 2. The third-order valence-electron chi connectivity index (χ3n) is 4.58. The van der Waals surface area contributed by atoms with E-state index in [2.05, 4.69) is 9.97 Å². The van der Waals surface area contributed by atoms with E-state index in [0.717, 1.165) is 11.3 Å². The maximum absolute atomic E-state index is 12.7. The van der Waals surface area contributed by atoms with Crippen LogP contribution in [0, 0.1) is 6.92 Å². The van der Waals surface area contributed by atoms with Crippen LogP contribution in [0.15, 0.2) is 42.9 Å². The first kappa shape index (κ1) is 30.3. The lowest BCUT2D eigenvalue weighted by atomic mass is 10.0. The van der Waals surface area contributed by atoms with Gasteiger partial charge in [0.05, 0.1) is 17.7 Å². The lowest BCUT2D eigenvalue weighted by Crippen LogP contribution is -2.41. The molecule has 36 heavy (non-hydrogen) atoms. The van der Waals surface area contributed by atoms with Crippen molar-refractivity contribution in [1.82, 2.24) is 14.9 Å². The minimum atomic E-state index is -5.08. The fourth-order valence-corrected chi connectivity index (χ4v) is 2.86. The van der Waals surface area contributed by atoms with Gasteiger partial charge in [-0.3, -0.25) is 14.8 Å². The number of hydrogen-bond acceptors (Lipinski definition) is 6. The number of halogens is 6. The molecule has 0 bridgehead atoms. The van der Waals surface area contributed by atoms with Crippen LogP contribution in [0.25, 0.3) is 0 Å². The summed E-state index contributed by atoms with van der Waals surface area (Å²) in [4.78, 5) is 40.5. The second kappa shape index (κ2) is 12.8. The number of aliphatic hydroxyl groups excluding tert-OH is 1. The molecule has 198 valence electrons. The number of aromatic nitrogens is 2. The van der Waals surface area contributed by atoms with Crippen LogP contribution in [0.3, 0.4) is 0 Å². The number of aryl methyl sites for hydroxylation is 1. The van der Waals surface area contributed by atoms with Crippen molar-refractivity contribution >= 4 is 17.8 Å². The fourth-order valence-electron chi connectivity index (χ4n) is 2.86. The molecule has 2 atom stereocenters. The highest BCUT2D eigenvalue weighted by atomic mass is 19.4. The molecule has 0 spiro atoms. The lowest BCUT2D eigenvalue weighted by Gasteiger charge is -2.26. The SMILES string of the molecule is Cc1ccc(C(=O)N2CC[C@@H](O)[C@@H]2Cc2cccnc2)cn1.O=C(O)C(F)(F)F.O=C(O)C(F)(F)F. The van der Waals surface area contributed by atoms with E-state index in [0.29, 0.717) is 24.9 Å². The summed E-state index contributed by atoms with van der Waals surface area (Å²) in [6.07, 6.45) is -4.35. The molecule has 3 N–H and O–H groups in total. The van der Waals surface area contributed by atoms with E-state index in [9.17, 15) is 36.2 Å². The molecule has 2 aromatic rings. The predicted molar refractivity (Wildman–Crippen MR) is 110 cm³/mol. The molecule has 3 rings (SSSR count). The summed E-state index contributed by atoms with van der Waals surface area (Å²) < 4.78 is 63.5. The average Bonchev–Trinajstić information content (AvgIpc) is 3.14. The Hall–Kier alpha value is -3.75. The fraction of sp³-hybridized carbons (Fsp3) is 0.381. The Labute approximate surface area is 200 Å². The maximum Gasteiger partial charge on any atom is 0.490 e. The van der Waals surface area contributed by atoms with Gasteiger partial charge in [-0.2, -0.15) is 26.3 Å². The molecule has 9 nitrogen and oxygen atoms in total. The van der Waals surface area contributed by atoms with Crippen molar-refractivity contribution in [2.75, 3.05) is 6.54 Å². The first-order valence-electron chi connectivity index (χ1n) is 9.94. The van der Waals surface area contributed by atoms with Gasteiger partial charge < -0.3 is 20.2 Å². The summed E-state index contributed by atoms with van der Waals surface area (Å²) in [5.74, 6) is -5.59. The summed E-state index contributed by atoms with van der Waals surface area (Å²) in [6.45, 7) is 2.46. The van der Waals surface area contributed by atoms with Crippen molar-refractivity contribution in [2.24, 2.45) is 0 Å². The second-order valence-electron chi connectivity index (χ2n) is 7.28. The summed E-state index contributed by atoms with van der Waals surface area (Å²) in [5, 5.41) is 24.5. The van der Waals surface area contributed by atoms with Crippen LogP contribution >= 0.6 is 0 Å². The number of amides is 1. The number of aliphatic hydroxyl groups is 1. The number of aliphatic carboxylic acids is 2. The van der Waals surface area contributed by atoms with Crippen LogP contribution in [0.4, 0.5) is 26.3 Å². The summed E-state index contributed by atoms with van der Waals surface area (Å²) in [7, 11) is 0. The first-order valence-corrected chi connectivity index (χ1v) is 9.94. The van der Waals surface area contributed by atoms with Crippen molar-refractivity contribution in [2.45, 2.75) is 44.3 Å². The van der Waals surface area contributed by atoms with Crippen LogP contribution in [0.1, 0.15) is 28.0 Å². The molecule has 1 amide bonds. The Bertz CT molecular complexity index is 992. The van der Waals surface area contributed by atoms with Gasteiger partial charge >= 0.3 is 24.3 Å². The van der Waals surface area contributed by atoms with E-state index in [4.69, 9.17) is 19.8 Å². The van der Waals surface area contributed by atoms with E-state index in [1.807, 2.05) is 25.1 Å². The van der Waals surface area contributed by atoms with Gasteiger partial charge in [-0.05, 0) is 43.5 Å². The monoisotopic (exact) mass is 525 g/mol. The van der Waals surface area contributed by atoms with Gasteiger partial charge in [0.1, 0.15) is 0 Å². The van der Waals surface area contributed by atoms with E-state index >= 15 is 0 Å². The summed E-state index contributed by atoms with van der Waals surface area (Å²) >= 11 is 0. The number of alkyl halides is 6. The van der Waals surface area contributed by atoms with Gasteiger partial charge in [0.2, 0.25) is 0 Å². The largest absolute Gasteiger partial charge is 0.490 e. The Morgan fingerprint density at radius 1 is 1.00 bits per heavy atom. The minimum absolute atomic E-state index is 0.0714. The molecular weight excluding hydrogens is 504 g/mol. The number of pyridine rings is 2. The number of carboxylic acid groups (broad SMARTS) is 2. The first-order chi connectivity index (χ1) is 16.5. The molecule has 1 saturated heterocycles. The number of carbonyl (C=O) groups excluding carboxylic acids is 1. The van der Waals surface area contributed by atoms with Gasteiger partial charge in [-0.1, -0.05) is 6.07 Å². The zero-order valence-corrected chi connectivity index (χ0v) is 18.5. The predicted octanol–water partition coefficient (Wildman–Crippen LogP) is 2.87. The number of likely N-dealkylation sites (tertiary alicyclic amines) is 1. The molecule has 0 unspecified atom stereocenters. The van der Waals surface area contributed by atoms with Crippen LogP contribution in [-0.2, 0) is 16.0 Å². The van der Waals surface area contributed by atoms with Crippen molar-refractivity contribution < 1.29 is 56.0 Å². The maximum atomic E-state index is 12.7. The average molecular weight is 525 g/mol. The molecule has 2 aromatic heterocycles. The summed E-state index contributed by atoms with van der Waals surface area (Å²) in [5.41, 5.74) is 2.47. The van der Waals surface area contributed by atoms with Crippen molar-refractivity contribution in [3.8, 4) is 0 Å². The van der Waals surface area contributed by atoms with Gasteiger partial charge in [-0.15, -0.1) is 0 Å². The smallest absolute Gasteiger partial charge is 0.475 e. The van der Waals surface area contributed by atoms with Gasteiger partial charge in [0.15, 0.2) is 0 Å².